The fraction of sp³-hybridized carbons (Fsp3) is 0.952. The van der Waals surface area contributed by atoms with Crippen molar-refractivity contribution in [1.82, 2.24) is 0 Å². The zero-order valence-electron chi connectivity index (χ0n) is 16.5. The van der Waals surface area contributed by atoms with Crippen molar-refractivity contribution < 1.29 is 14.6 Å². The largest absolute Gasteiger partial charge is 0.393 e. The van der Waals surface area contributed by atoms with Gasteiger partial charge in [-0.05, 0) is 55.8 Å². The molecule has 0 aromatic heterocycles. The van der Waals surface area contributed by atoms with Crippen LogP contribution in [0.15, 0.2) is 0 Å². The molecule has 3 saturated carbocycles. The van der Waals surface area contributed by atoms with Gasteiger partial charge in [-0.2, -0.15) is 0 Å². The van der Waals surface area contributed by atoms with Crippen LogP contribution in [0.1, 0.15) is 66.2 Å². The van der Waals surface area contributed by atoms with E-state index >= 15 is 0 Å². The van der Waals surface area contributed by atoms with Gasteiger partial charge in [0.1, 0.15) is 5.78 Å². The van der Waals surface area contributed by atoms with E-state index in [9.17, 15) is 9.90 Å². The van der Waals surface area contributed by atoms with Gasteiger partial charge >= 0.3 is 0 Å². The molecule has 4 heteroatoms. The van der Waals surface area contributed by atoms with Gasteiger partial charge in [-0.15, -0.1) is 11.6 Å². The highest BCUT2D eigenvalue weighted by molar-refractivity contribution is 6.18. The van der Waals surface area contributed by atoms with E-state index in [0.717, 1.165) is 25.7 Å². The molecular formula is C21H35ClO3. The number of hydrogen-bond acceptors (Lipinski definition) is 3. The molecule has 8 atom stereocenters. The molecule has 0 radical (unpaired) electrons. The van der Waals surface area contributed by atoms with E-state index in [4.69, 9.17) is 16.3 Å². The molecule has 0 aromatic rings. The molecule has 3 aliphatic rings. The van der Waals surface area contributed by atoms with Crippen LogP contribution < -0.4 is 0 Å². The first kappa shape index (κ1) is 19.6. The van der Waals surface area contributed by atoms with E-state index in [1.165, 1.54) is 0 Å². The summed E-state index contributed by atoms with van der Waals surface area (Å²) in [5.41, 5.74) is -0.770. The maximum atomic E-state index is 13.6. The average molecular weight is 371 g/mol. The monoisotopic (exact) mass is 370 g/mol. The molecule has 144 valence electrons. The quantitative estimate of drug-likeness (QED) is 0.747. The lowest BCUT2D eigenvalue weighted by Crippen LogP contribution is -2.62. The minimum absolute atomic E-state index is 0.00481. The van der Waals surface area contributed by atoms with E-state index < -0.39 is 11.5 Å². The Morgan fingerprint density at radius 1 is 1.24 bits per heavy atom. The Balaban J connectivity index is 2.16. The maximum absolute atomic E-state index is 13.6. The lowest BCUT2D eigenvalue weighted by atomic mass is 9.44. The minimum atomic E-state index is -0.526. The summed E-state index contributed by atoms with van der Waals surface area (Å²) in [6, 6.07) is 0. The van der Waals surface area contributed by atoms with Gasteiger partial charge in [-0.1, -0.05) is 27.7 Å². The van der Waals surface area contributed by atoms with Crippen LogP contribution in [-0.4, -0.2) is 36.1 Å². The number of rotatable bonds is 3. The van der Waals surface area contributed by atoms with Crippen LogP contribution >= 0.6 is 11.6 Å². The Labute approximate surface area is 157 Å². The van der Waals surface area contributed by atoms with Crippen LogP contribution in [0.3, 0.4) is 0 Å². The topological polar surface area (TPSA) is 46.5 Å². The fourth-order valence-electron chi connectivity index (χ4n) is 6.96. The van der Waals surface area contributed by atoms with E-state index in [2.05, 4.69) is 20.8 Å². The van der Waals surface area contributed by atoms with Crippen LogP contribution in [0.5, 0.6) is 0 Å². The first-order valence-corrected chi connectivity index (χ1v) is 10.5. The highest BCUT2D eigenvalue weighted by atomic mass is 35.5. The van der Waals surface area contributed by atoms with Crippen LogP contribution in [0.4, 0.5) is 0 Å². The molecule has 3 fully saturated rings. The maximum Gasteiger partial charge on any atom is 0.142 e. The molecule has 2 bridgehead atoms. The number of aliphatic hydroxyl groups excluding tert-OH is 1. The second kappa shape index (κ2) is 6.49. The molecule has 3 rings (SSSR count). The first-order chi connectivity index (χ1) is 11.7. The van der Waals surface area contributed by atoms with Gasteiger partial charge in [0, 0.05) is 29.7 Å². The van der Waals surface area contributed by atoms with Crippen LogP contribution in [-0.2, 0) is 9.53 Å². The van der Waals surface area contributed by atoms with E-state index in [-0.39, 0.29) is 28.8 Å². The number of carbonyl (C=O) groups is 1. The van der Waals surface area contributed by atoms with Crippen LogP contribution in [0.2, 0.25) is 0 Å². The summed E-state index contributed by atoms with van der Waals surface area (Å²) in [7, 11) is 1.79. The molecule has 0 heterocycles. The predicted molar refractivity (Wildman–Crippen MR) is 101 cm³/mol. The molecule has 3 nitrogen and oxygen atoms in total. The molecule has 25 heavy (non-hydrogen) atoms. The summed E-state index contributed by atoms with van der Waals surface area (Å²) >= 11 is 6.06. The summed E-state index contributed by atoms with van der Waals surface area (Å²) in [4.78, 5) is 13.6. The third-order valence-corrected chi connectivity index (χ3v) is 9.01. The Hall–Kier alpha value is -0.120. The summed E-state index contributed by atoms with van der Waals surface area (Å²) in [6.07, 6.45) is 5.02. The van der Waals surface area contributed by atoms with Crippen molar-refractivity contribution in [3.63, 3.8) is 0 Å². The van der Waals surface area contributed by atoms with Crippen molar-refractivity contribution in [2.75, 3.05) is 13.0 Å². The molecule has 1 N–H and O–H groups in total. The zero-order chi connectivity index (χ0) is 18.6. The van der Waals surface area contributed by atoms with Crippen LogP contribution in [0.25, 0.3) is 0 Å². The highest BCUT2D eigenvalue weighted by Gasteiger charge is 2.67. The molecule has 3 aliphatic carbocycles. The SMILES string of the molecule is CO[C@@H]1CCC23CC[C@@H](C)[C@](C)(C12)[C@H](O)C[C@@](C)(CCCl)C(=O)[C@@H]3C. The number of aliphatic hydroxyl groups is 1. The van der Waals surface area contributed by atoms with Gasteiger partial charge in [0.25, 0.3) is 0 Å². The predicted octanol–water partition coefficient (Wildman–Crippen LogP) is 4.44. The van der Waals surface area contributed by atoms with Crippen molar-refractivity contribution in [2.45, 2.75) is 78.4 Å². The van der Waals surface area contributed by atoms with Crippen molar-refractivity contribution in [2.24, 2.45) is 34.0 Å². The van der Waals surface area contributed by atoms with E-state index in [0.29, 0.717) is 30.4 Å². The third-order valence-electron chi connectivity index (χ3n) is 8.82. The summed E-state index contributed by atoms with van der Waals surface area (Å²) in [6.45, 7) is 8.72. The smallest absolute Gasteiger partial charge is 0.142 e. The lowest BCUT2D eigenvalue weighted by Gasteiger charge is -2.61. The summed E-state index contributed by atoms with van der Waals surface area (Å²) < 4.78 is 5.91. The Kier molecular flexibility index (Phi) is 5.10. The van der Waals surface area contributed by atoms with Gasteiger partial charge in [-0.25, -0.2) is 0 Å². The average Bonchev–Trinajstić information content (AvgIpc) is 2.97. The minimum Gasteiger partial charge on any atom is -0.393 e. The molecular weight excluding hydrogens is 336 g/mol. The molecule has 0 spiro atoms. The van der Waals surface area contributed by atoms with Gasteiger partial charge < -0.3 is 9.84 Å². The Bertz CT molecular complexity index is 537. The zero-order valence-corrected chi connectivity index (χ0v) is 17.2. The van der Waals surface area contributed by atoms with Crippen LogP contribution in [0, 0.1) is 34.0 Å². The molecule has 0 aromatic carbocycles. The molecule has 2 unspecified atom stereocenters. The number of ketones is 1. The van der Waals surface area contributed by atoms with Crippen molar-refractivity contribution in [3.8, 4) is 0 Å². The van der Waals surface area contributed by atoms with Gasteiger partial charge in [0.2, 0.25) is 0 Å². The number of hydrogen-bond donors (Lipinski definition) is 1. The number of alkyl halides is 1. The Morgan fingerprint density at radius 3 is 2.48 bits per heavy atom. The molecule has 0 aliphatic heterocycles. The number of halogens is 1. The number of Topliss-reactive ketones (excluding diaryl/α,β-unsaturated/α-hetero) is 1. The summed E-state index contributed by atoms with van der Waals surface area (Å²) in [5, 5.41) is 11.4. The van der Waals surface area contributed by atoms with Crippen molar-refractivity contribution >= 4 is 17.4 Å². The van der Waals surface area contributed by atoms with Gasteiger partial charge in [0.05, 0.1) is 12.2 Å². The van der Waals surface area contributed by atoms with E-state index in [1.807, 2.05) is 6.92 Å². The second-order valence-corrected chi connectivity index (χ2v) is 10.0. The van der Waals surface area contributed by atoms with Gasteiger partial charge in [0.15, 0.2) is 0 Å². The summed E-state index contributed by atoms with van der Waals surface area (Å²) in [5.74, 6) is 1.46. The molecule has 0 amide bonds. The van der Waals surface area contributed by atoms with Crippen molar-refractivity contribution in [3.05, 3.63) is 0 Å². The number of carbonyl (C=O) groups excluding carboxylic acids is 1. The van der Waals surface area contributed by atoms with E-state index in [1.54, 1.807) is 7.11 Å². The standard InChI is InChI=1S/C21H35ClO3/c1-13-6-8-21-9-7-15(25-5)17(21)20(13,4)16(23)12-19(3,10-11-22)18(24)14(21)2/h13-17,23H,6-12H2,1-5H3/t13-,14+,15-,16-,17?,19-,20+,21?/m1/s1. The molecule has 0 saturated heterocycles. The van der Waals surface area contributed by atoms with Crippen molar-refractivity contribution in [1.29, 1.82) is 0 Å². The third kappa shape index (κ3) is 2.56. The number of ether oxygens (including phenoxy) is 1. The fourth-order valence-corrected chi connectivity index (χ4v) is 7.38. The first-order valence-electron chi connectivity index (χ1n) is 9.98. The Morgan fingerprint density at radius 2 is 1.88 bits per heavy atom. The highest BCUT2D eigenvalue weighted by Crippen LogP contribution is 2.68. The number of methoxy groups -OCH3 is 1. The normalized spacial score (nSPS) is 53.2. The second-order valence-electron chi connectivity index (χ2n) is 9.63. The van der Waals surface area contributed by atoms with Gasteiger partial charge in [-0.3, -0.25) is 4.79 Å². The lowest BCUT2D eigenvalue weighted by molar-refractivity contribution is -0.192.